The van der Waals surface area contributed by atoms with Crippen LogP contribution in [-0.2, 0) is 17.8 Å². The van der Waals surface area contributed by atoms with Gasteiger partial charge in [-0.3, -0.25) is 4.79 Å². The maximum Gasteiger partial charge on any atom is 0.241 e. The van der Waals surface area contributed by atoms with Crippen LogP contribution in [0.5, 0.6) is 0 Å². The highest BCUT2D eigenvalue weighted by atomic mass is 127. The lowest BCUT2D eigenvalue weighted by molar-refractivity contribution is -0.127. The van der Waals surface area contributed by atoms with E-state index in [9.17, 15) is 4.79 Å². The van der Waals surface area contributed by atoms with Crippen LogP contribution >= 0.6 is 39.9 Å². The highest BCUT2D eigenvalue weighted by molar-refractivity contribution is 14.0. The number of benzene rings is 1. The molecule has 0 radical (unpaired) electrons. The minimum absolute atomic E-state index is 0. The van der Waals surface area contributed by atoms with Gasteiger partial charge in [0.05, 0.1) is 19.4 Å². The normalized spacial score (nSPS) is 10.9. The van der Waals surface area contributed by atoms with Crippen LogP contribution in [0.2, 0.25) is 0 Å². The van der Waals surface area contributed by atoms with Gasteiger partial charge in [0.2, 0.25) is 5.91 Å². The van der Waals surface area contributed by atoms with Crippen LogP contribution in [-0.4, -0.2) is 44.0 Å². The van der Waals surface area contributed by atoms with E-state index in [-0.39, 0.29) is 36.4 Å². The fraction of sp³-hybridized carbons (Fsp3) is 0.368. The van der Waals surface area contributed by atoms with Crippen LogP contribution in [0, 0.1) is 6.92 Å². The van der Waals surface area contributed by atoms with E-state index in [4.69, 9.17) is 4.42 Å². The van der Waals surface area contributed by atoms with Crippen molar-refractivity contribution in [3.05, 3.63) is 58.0 Å². The van der Waals surface area contributed by atoms with Gasteiger partial charge in [-0.15, -0.1) is 24.0 Å². The van der Waals surface area contributed by atoms with E-state index in [0.29, 0.717) is 19.0 Å². The smallest absolute Gasteiger partial charge is 0.241 e. The van der Waals surface area contributed by atoms with Gasteiger partial charge in [-0.05, 0) is 42.3 Å². The number of hydrogen-bond acceptors (Lipinski definition) is 3. The molecule has 148 valence electrons. The van der Waals surface area contributed by atoms with Crippen LogP contribution in [0.15, 0.2) is 50.5 Å². The first kappa shape index (κ1) is 23.5. The fourth-order valence-electron chi connectivity index (χ4n) is 2.25. The Hall–Kier alpha value is -1.55. The molecule has 0 aliphatic heterocycles. The van der Waals surface area contributed by atoms with Gasteiger partial charge in [0.15, 0.2) is 5.96 Å². The molecule has 1 amide bonds. The predicted octanol–water partition coefficient (Wildman–Crippen LogP) is 3.33. The molecule has 0 atom stereocenters. The number of amides is 1. The summed E-state index contributed by atoms with van der Waals surface area (Å²) in [5.41, 5.74) is 2.31. The molecule has 1 heterocycles. The van der Waals surface area contributed by atoms with Gasteiger partial charge in [-0.25, -0.2) is 4.99 Å². The van der Waals surface area contributed by atoms with Gasteiger partial charge in [0.1, 0.15) is 5.76 Å². The lowest BCUT2D eigenvalue weighted by Crippen LogP contribution is -2.43. The Kier molecular flexibility index (Phi) is 10.5. The molecule has 0 spiro atoms. The fourth-order valence-corrected chi connectivity index (χ4v) is 2.73. The predicted molar refractivity (Wildman–Crippen MR) is 123 cm³/mol. The monoisotopic (exact) mass is 548 g/mol. The number of aryl methyl sites for hydroxylation is 1. The van der Waals surface area contributed by atoms with Crippen molar-refractivity contribution in [2.75, 3.05) is 27.2 Å². The molecule has 1 aromatic heterocycles. The van der Waals surface area contributed by atoms with Gasteiger partial charge in [-0.2, -0.15) is 0 Å². The summed E-state index contributed by atoms with van der Waals surface area (Å²) in [6, 6.07) is 9.93. The van der Waals surface area contributed by atoms with Crippen molar-refractivity contribution in [2.45, 2.75) is 19.9 Å². The van der Waals surface area contributed by atoms with Gasteiger partial charge >= 0.3 is 0 Å². The van der Waals surface area contributed by atoms with Crippen molar-refractivity contribution in [3.63, 3.8) is 0 Å². The van der Waals surface area contributed by atoms with E-state index in [1.165, 1.54) is 5.56 Å². The number of rotatable bonds is 7. The number of hydrogen-bond donors (Lipinski definition) is 2. The average Bonchev–Trinajstić information content (AvgIpc) is 3.11. The summed E-state index contributed by atoms with van der Waals surface area (Å²) in [5, 5.41) is 6.34. The summed E-state index contributed by atoms with van der Waals surface area (Å²) in [4.78, 5) is 18.0. The lowest BCUT2D eigenvalue weighted by atomic mass is 10.1. The minimum Gasteiger partial charge on any atom is -0.469 e. The summed E-state index contributed by atoms with van der Waals surface area (Å²) in [6.45, 7) is 3.45. The Bertz CT molecular complexity index is 748. The Labute approximate surface area is 185 Å². The van der Waals surface area contributed by atoms with Crippen LogP contribution in [0.1, 0.15) is 16.9 Å². The van der Waals surface area contributed by atoms with Gasteiger partial charge in [0, 0.05) is 31.5 Å². The minimum atomic E-state index is -0.00893. The Morgan fingerprint density at radius 2 is 2.04 bits per heavy atom. The van der Waals surface area contributed by atoms with Crippen molar-refractivity contribution < 1.29 is 9.21 Å². The van der Waals surface area contributed by atoms with E-state index in [1.54, 1.807) is 25.3 Å². The quantitative estimate of drug-likeness (QED) is 0.316. The van der Waals surface area contributed by atoms with Crippen molar-refractivity contribution in [3.8, 4) is 0 Å². The highest BCUT2D eigenvalue weighted by Gasteiger charge is 2.07. The standard InChI is InChI=1S/C19H25BrN4O2.HI/c1-14-11-16(20)7-6-15(14)12-22-19(23-13-18(25)24(2)3)21-9-8-17-5-4-10-26-17;/h4-7,10-11H,8-9,12-13H2,1-3H3,(H2,21,22,23);1H. The van der Waals surface area contributed by atoms with Crippen molar-refractivity contribution in [1.29, 1.82) is 0 Å². The average molecular weight is 549 g/mol. The summed E-state index contributed by atoms with van der Waals surface area (Å²) < 4.78 is 6.39. The SMILES string of the molecule is Cc1cc(Br)ccc1CN=C(NCCc1ccco1)NCC(=O)N(C)C.I. The van der Waals surface area contributed by atoms with Gasteiger partial charge in [0.25, 0.3) is 0 Å². The molecule has 0 fully saturated rings. The number of carbonyl (C=O) groups excluding carboxylic acids is 1. The molecular formula is C19H26BrIN4O2. The second kappa shape index (κ2) is 12.0. The van der Waals surface area contributed by atoms with Gasteiger partial charge in [-0.1, -0.05) is 22.0 Å². The zero-order valence-electron chi connectivity index (χ0n) is 15.8. The van der Waals surface area contributed by atoms with Crippen LogP contribution < -0.4 is 10.6 Å². The number of guanidine groups is 1. The first-order chi connectivity index (χ1) is 12.5. The first-order valence-corrected chi connectivity index (χ1v) is 9.24. The third kappa shape index (κ3) is 8.34. The molecular weight excluding hydrogens is 523 g/mol. The maximum absolute atomic E-state index is 11.8. The van der Waals surface area contributed by atoms with Crippen molar-refractivity contribution >= 4 is 51.8 Å². The molecule has 0 aliphatic rings. The third-order valence-corrected chi connectivity index (χ3v) is 4.36. The molecule has 2 rings (SSSR count). The summed E-state index contributed by atoms with van der Waals surface area (Å²) in [6.07, 6.45) is 2.40. The third-order valence-electron chi connectivity index (χ3n) is 3.86. The number of halogens is 2. The summed E-state index contributed by atoms with van der Waals surface area (Å²) in [5.74, 6) is 1.50. The molecule has 0 aliphatic carbocycles. The second-order valence-corrected chi connectivity index (χ2v) is 7.05. The zero-order chi connectivity index (χ0) is 18.9. The molecule has 0 saturated carbocycles. The van der Waals surface area contributed by atoms with E-state index < -0.39 is 0 Å². The van der Waals surface area contributed by atoms with Gasteiger partial charge < -0.3 is 20.0 Å². The van der Waals surface area contributed by atoms with Crippen molar-refractivity contribution in [1.82, 2.24) is 15.5 Å². The van der Waals surface area contributed by atoms with E-state index in [2.05, 4.69) is 44.5 Å². The Morgan fingerprint density at radius 3 is 2.67 bits per heavy atom. The number of nitrogens with zero attached hydrogens (tertiary/aromatic N) is 2. The molecule has 0 bridgehead atoms. The molecule has 0 saturated heterocycles. The molecule has 2 aromatic rings. The van der Waals surface area contributed by atoms with Crippen LogP contribution in [0.25, 0.3) is 0 Å². The highest BCUT2D eigenvalue weighted by Crippen LogP contribution is 2.16. The Balaban J connectivity index is 0.00000364. The largest absolute Gasteiger partial charge is 0.469 e. The molecule has 0 unspecified atom stereocenters. The first-order valence-electron chi connectivity index (χ1n) is 8.45. The number of aliphatic imine (C=N–C) groups is 1. The van der Waals surface area contributed by atoms with Crippen LogP contribution in [0.3, 0.4) is 0 Å². The maximum atomic E-state index is 11.8. The number of nitrogens with one attached hydrogen (secondary N) is 2. The molecule has 2 N–H and O–H groups in total. The number of likely N-dealkylation sites (N-methyl/N-ethyl adjacent to an activating group) is 1. The summed E-state index contributed by atoms with van der Waals surface area (Å²) in [7, 11) is 3.46. The topological polar surface area (TPSA) is 69.9 Å². The van der Waals surface area contributed by atoms with Crippen LogP contribution in [0.4, 0.5) is 0 Å². The van der Waals surface area contributed by atoms with Crippen molar-refractivity contribution in [2.24, 2.45) is 4.99 Å². The second-order valence-electron chi connectivity index (χ2n) is 6.13. The molecule has 8 heteroatoms. The summed E-state index contributed by atoms with van der Waals surface area (Å²) >= 11 is 3.47. The molecule has 1 aromatic carbocycles. The Morgan fingerprint density at radius 1 is 1.26 bits per heavy atom. The zero-order valence-corrected chi connectivity index (χ0v) is 19.7. The van der Waals surface area contributed by atoms with E-state index in [1.807, 2.05) is 24.3 Å². The number of furan rings is 1. The lowest BCUT2D eigenvalue weighted by Gasteiger charge is -2.15. The van der Waals surface area contributed by atoms with E-state index in [0.717, 1.165) is 22.2 Å². The molecule has 6 nitrogen and oxygen atoms in total. The number of carbonyl (C=O) groups is 1. The van der Waals surface area contributed by atoms with E-state index >= 15 is 0 Å². The molecule has 27 heavy (non-hydrogen) atoms.